The van der Waals surface area contributed by atoms with Crippen molar-refractivity contribution in [2.24, 2.45) is 0 Å². The van der Waals surface area contributed by atoms with Gasteiger partial charge in [-0.2, -0.15) is 0 Å². The Morgan fingerprint density at radius 3 is 2.62 bits per heavy atom. The minimum absolute atomic E-state index is 0.202. The van der Waals surface area contributed by atoms with Crippen LogP contribution in [0.15, 0.2) is 22.7 Å². The van der Waals surface area contributed by atoms with E-state index in [2.05, 4.69) is 21.2 Å². The third kappa shape index (κ3) is 2.96. The van der Waals surface area contributed by atoms with Gasteiger partial charge in [0.25, 0.3) is 5.91 Å². The first-order chi connectivity index (χ1) is 7.36. The summed E-state index contributed by atoms with van der Waals surface area (Å²) in [6, 6.07) is 5.21. The van der Waals surface area contributed by atoms with Crippen molar-refractivity contribution in [3.05, 3.63) is 22.7 Å². The second-order valence-corrected chi connectivity index (χ2v) is 4.76. The van der Waals surface area contributed by atoms with E-state index in [-0.39, 0.29) is 5.91 Å². The monoisotopic (exact) mass is 286 g/mol. The van der Waals surface area contributed by atoms with Gasteiger partial charge >= 0.3 is 0 Å². The SMILES string of the molecule is COC(C)(C)C(=O)Nc1ccc(N)c(Br)c1. The quantitative estimate of drug-likeness (QED) is 0.839. The van der Waals surface area contributed by atoms with Gasteiger partial charge in [-0.05, 0) is 48.0 Å². The van der Waals surface area contributed by atoms with Crippen LogP contribution in [-0.2, 0) is 9.53 Å². The molecule has 0 aliphatic carbocycles. The summed E-state index contributed by atoms with van der Waals surface area (Å²) in [5.41, 5.74) is 6.10. The summed E-state index contributed by atoms with van der Waals surface area (Å²) in [4.78, 5) is 11.8. The molecule has 0 saturated heterocycles. The van der Waals surface area contributed by atoms with Gasteiger partial charge in [0.15, 0.2) is 0 Å². The highest BCUT2D eigenvalue weighted by Gasteiger charge is 2.26. The zero-order valence-electron chi connectivity index (χ0n) is 9.50. The predicted octanol–water partition coefficient (Wildman–Crippen LogP) is 2.39. The Labute approximate surface area is 103 Å². The van der Waals surface area contributed by atoms with Crippen molar-refractivity contribution < 1.29 is 9.53 Å². The maximum absolute atomic E-state index is 11.8. The molecular formula is C11H15BrN2O2. The first-order valence-corrected chi connectivity index (χ1v) is 5.58. The minimum atomic E-state index is -0.853. The van der Waals surface area contributed by atoms with Crippen molar-refractivity contribution >= 4 is 33.2 Å². The Morgan fingerprint density at radius 2 is 2.12 bits per heavy atom. The summed E-state index contributed by atoms with van der Waals surface area (Å²) in [5.74, 6) is -0.202. The molecule has 0 aliphatic rings. The van der Waals surface area contributed by atoms with Gasteiger partial charge in [-0.1, -0.05) is 0 Å². The molecule has 88 valence electrons. The summed E-state index contributed by atoms with van der Waals surface area (Å²) in [6.45, 7) is 3.41. The molecule has 0 saturated carbocycles. The molecule has 0 aliphatic heterocycles. The third-order valence-corrected chi connectivity index (χ3v) is 3.00. The van der Waals surface area contributed by atoms with Crippen molar-refractivity contribution in [2.75, 3.05) is 18.2 Å². The lowest BCUT2D eigenvalue weighted by molar-refractivity contribution is -0.133. The molecule has 16 heavy (non-hydrogen) atoms. The first kappa shape index (κ1) is 13.0. The van der Waals surface area contributed by atoms with Gasteiger partial charge in [0.2, 0.25) is 0 Å². The maximum atomic E-state index is 11.8. The number of benzene rings is 1. The minimum Gasteiger partial charge on any atom is -0.398 e. The highest BCUT2D eigenvalue weighted by molar-refractivity contribution is 9.10. The van der Waals surface area contributed by atoms with Crippen LogP contribution in [0.25, 0.3) is 0 Å². The van der Waals surface area contributed by atoms with Crippen LogP contribution in [0.5, 0.6) is 0 Å². The number of methoxy groups -OCH3 is 1. The Morgan fingerprint density at radius 1 is 1.50 bits per heavy atom. The average molecular weight is 287 g/mol. The first-order valence-electron chi connectivity index (χ1n) is 4.78. The number of ether oxygens (including phenoxy) is 1. The van der Waals surface area contributed by atoms with Crippen LogP contribution < -0.4 is 11.1 Å². The molecule has 1 amide bonds. The highest BCUT2D eigenvalue weighted by Crippen LogP contribution is 2.24. The van der Waals surface area contributed by atoms with Crippen molar-refractivity contribution in [1.29, 1.82) is 0 Å². The van der Waals surface area contributed by atoms with Crippen LogP contribution in [0, 0.1) is 0 Å². The van der Waals surface area contributed by atoms with Crippen molar-refractivity contribution in [3.8, 4) is 0 Å². The summed E-state index contributed by atoms with van der Waals surface area (Å²) >= 11 is 3.30. The molecule has 1 aromatic carbocycles. The summed E-state index contributed by atoms with van der Waals surface area (Å²) in [7, 11) is 1.50. The normalized spacial score (nSPS) is 11.2. The zero-order valence-corrected chi connectivity index (χ0v) is 11.1. The molecule has 3 N–H and O–H groups in total. The van der Waals surface area contributed by atoms with E-state index in [4.69, 9.17) is 10.5 Å². The van der Waals surface area contributed by atoms with Crippen LogP contribution in [-0.4, -0.2) is 18.6 Å². The van der Waals surface area contributed by atoms with Crippen LogP contribution in [0.4, 0.5) is 11.4 Å². The van der Waals surface area contributed by atoms with E-state index in [1.54, 1.807) is 32.0 Å². The van der Waals surface area contributed by atoms with Gasteiger partial charge in [0.1, 0.15) is 5.60 Å². The number of hydrogen-bond acceptors (Lipinski definition) is 3. The van der Waals surface area contributed by atoms with Gasteiger partial charge in [0, 0.05) is 23.0 Å². The maximum Gasteiger partial charge on any atom is 0.256 e. The summed E-state index contributed by atoms with van der Waals surface area (Å²) in [6.07, 6.45) is 0. The molecule has 0 fully saturated rings. The lowest BCUT2D eigenvalue weighted by atomic mass is 10.1. The van der Waals surface area contributed by atoms with E-state index < -0.39 is 5.60 Å². The summed E-state index contributed by atoms with van der Waals surface area (Å²) in [5, 5.41) is 2.75. The lowest BCUT2D eigenvalue weighted by Gasteiger charge is -2.21. The van der Waals surface area contributed by atoms with E-state index in [0.29, 0.717) is 11.4 Å². The number of nitrogens with two attached hydrogens (primary N) is 1. The molecule has 0 radical (unpaired) electrons. The van der Waals surface area contributed by atoms with Gasteiger partial charge in [0.05, 0.1) is 0 Å². The Balaban J connectivity index is 2.82. The van der Waals surface area contributed by atoms with E-state index in [1.165, 1.54) is 7.11 Å². The van der Waals surface area contributed by atoms with E-state index in [0.717, 1.165) is 4.47 Å². The van der Waals surface area contributed by atoms with Crippen molar-refractivity contribution in [1.82, 2.24) is 0 Å². The molecule has 0 bridgehead atoms. The number of halogens is 1. The number of carbonyl (C=O) groups excluding carboxylic acids is 1. The van der Waals surface area contributed by atoms with Gasteiger partial charge in [-0.15, -0.1) is 0 Å². The lowest BCUT2D eigenvalue weighted by Crippen LogP contribution is -2.38. The number of hydrogen-bond donors (Lipinski definition) is 2. The highest BCUT2D eigenvalue weighted by atomic mass is 79.9. The van der Waals surface area contributed by atoms with Crippen LogP contribution in [0.1, 0.15) is 13.8 Å². The Kier molecular flexibility index (Phi) is 3.93. The van der Waals surface area contributed by atoms with Crippen molar-refractivity contribution in [2.45, 2.75) is 19.4 Å². The third-order valence-electron chi connectivity index (χ3n) is 2.32. The summed E-state index contributed by atoms with van der Waals surface area (Å²) < 4.78 is 5.83. The van der Waals surface area contributed by atoms with Gasteiger partial charge in [-0.3, -0.25) is 4.79 Å². The Hall–Kier alpha value is -1.07. The number of amides is 1. The molecule has 0 aromatic heterocycles. The molecule has 0 atom stereocenters. The van der Waals surface area contributed by atoms with Gasteiger partial charge in [-0.25, -0.2) is 0 Å². The standard InChI is InChI=1S/C11H15BrN2O2/c1-11(2,16-3)10(15)14-7-4-5-9(13)8(12)6-7/h4-6H,13H2,1-3H3,(H,14,15). The zero-order chi connectivity index (χ0) is 12.3. The largest absolute Gasteiger partial charge is 0.398 e. The van der Waals surface area contributed by atoms with E-state index in [9.17, 15) is 4.79 Å². The molecule has 1 rings (SSSR count). The van der Waals surface area contributed by atoms with Crippen LogP contribution >= 0.6 is 15.9 Å². The fourth-order valence-corrected chi connectivity index (χ4v) is 1.36. The van der Waals surface area contributed by atoms with E-state index in [1.807, 2.05) is 0 Å². The number of carbonyl (C=O) groups is 1. The second-order valence-electron chi connectivity index (χ2n) is 3.90. The predicted molar refractivity (Wildman–Crippen MR) is 68.3 cm³/mol. The molecule has 0 unspecified atom stereocenters. The van der Waals surface area contributed by atoms with Crippen molar-refractivity contribution in [3.63, 3.8) is 0 Å². The van der Waals surface area contributed by atoms with Crippen LogP contribution in [0.3, 0.4) is 0 Å². The Bertz CT molecular complexity index is 405. The van der Waals surface area contributed by atoms with Gasteiger partial charge < -0.3 is 15.8 Å². The molecule has 4 nitrogen and oxygen atoms in total. The fourth-order valence-electron chi connectivity index (χ4n) is 0.979. The molecule has 0 heterocycles. The molecular weight excluding hydrogens is 272 g/mol. The number of nitrogen functional groups attached to an aromatic ring is 1. The van der Waals surface area contributed by atoms with Crippen LogP contribution in [0.2, 0.25) is 0 Å². The molecule has 0 spiro atoms. The fraction of sp³-hybridized carbons (Fsp3) is 0.364. The smallest absolute Gasteiger partial charge is 0.256 e. The molecule has 5 heteroatoms. The number of nitrogens with one attached hydrogen (secondary N) is 1. The van der Waals surface area contributed by atoms with E-state index >= 15 is 0 Å². The second kappa shape index (κ2) is 4.84. The molecule has 1 aromatic rings. The number of rotatable bonds is 3. The average Bonchev–Trinajstić information content (AvgIpc) is 2.23. The topological polar surface area (TPSA) is 64.3 Å². The number of anilines is 2.